The first-order chi connectivity index (χ1) is 12.7. The second kappa shape index (κ2) is 9.46. The Bertz CT molecular complexity index is 835. The Labute approximate surface area is 162 Å². The highest BCUT2D eigenvalue weighted by atomic mass is 35.5. The van der Waals surface area contributed by atoms with Crippen molar-refractivity contribution in [3.05, 3.63) is 77.6 Å². The summed E-state index contributed by atoms with van der Waals surface area (Å²) in [6, 6.07) is 17.8. The van der Waals surface area contributed by atoms with Crippen LogP contribution in [0.2, 0.25) is 5.02 Å². The zero-order valence-electron chi connectivity index (χ0n) is 14.3. The number of amides is 1. The number of thioether (sulfide) groups is 1. The Hall–Kier alpha value is -2.24. The number of carbonyl (C=O) groups is 1. The van der Waals surface area contributed by atoms with Crippen LogP contribution in [-0.4, -0.2) is 28.0 Å². The molecule has 1 N–H and O–H groups in total. The Balaban J connectivity index is 1.36. The van der Waals surface area contributed by atoms with Crippen LogP contribution in [0.1, 0.15) is 12.0 Å². The van der Waals surface area contributed by atoms with Gasteiger partial charge in [-0.25, -0.2) is 4.68 Å². The van der Waals surface area contributed by atoms with Crippen LogP contribution in [0, 0.1) is 0 Å². The average Bonchev–Trinajstić information content (AvgIpc) is 3.19. The minimum Gasteiger partial charge on any atom is -0.356 e. The quantitative estimate of drug-likeness (QED) is 0.586. The summed E-state index contributed by atoms with van der Waals surface area (Å²) in [7, 11) is 0. The maximum atomic E-state index is 11.9. The molecular formula is C20H20ClN3OS. The average molecular weight is 386 g/mol. The van der Waals surface area contributed by atoms with Gasteiger partial charge in [0.2, 0.25) is 5.91 Å². The van der Waals surface area contributed by atoms with Gasteiger partial charge in [0.25, 0.3) is 0 Å². The van der Waals surface area contributed by atoms with Crippen molar-refractivity contribution in [1.29, 1.82) is 0 Å². The van der Waals surface area contributed by atoms with Gasteiger partial charge in [-0.05, 0) is 42.3 Å². The number of hydrogen-bond acceptors (Lipinski definition) is 3. The number of halogens is 1. The van der Waals surface area contributed by atoms with Gasteiger partial charge < -0.3 is 5.32 Å². The molecular weight excluding hydrogens is 366 g/mol. The zero-order chi connectivity index (χ0) is 18.2. The summed E-state index contributed by atoms with van der Waals surface area (Å²) in [5, 5.41) is 7.91. The maximum Gasteiger partial charge on any atom is 0.220 e. The highest BCUT2D eigenvalue weighted by Crippen LogP contribution is 2.26. The number of carbonyl (C=O) groups excluding carboxylic acids is 1. The van der Waals surface area contributed by atoms with Crippen molar-refractivity contribution >= 4 is 29.3 Å². The summed E-state index contributed by atoms with van der Waals surface area (Å²) >= 11 is 7.71. The van der Waals surface area contributed by atoms with E-state index in [4.69, 9.17) is 11.6 Å². The highest BCUT2D eigenvalue weighted by Gasteiger charge is 2.04. The van der Waals surface area contributed by atoms with Gasteiger partial charge in [-0.2, -0.15) is 5.10 Å². The van der Waals surface area contributed by atoms with Crippen LogP contribution in [0.4, 0.5) is 0 Å². The Kier molecular flexibility index (Phi) is 6.75. The molecule has 3 rings (SSSR count). The normalized spacial score (nSPS) is 10.7. The number of nitrogens with one attached hydrogen (secondary N) is 1. The first-order valence-corrected chi connectivity index (χ1v) is 9.82. The Morgan fingerprint density at radius 3 is 2.65 bits per heavy atom. The van der Waals surface area contributed by atoms with Crippen molar-refractivity contribution in [2.75, 3.05) is 12.3 Å². The van der Waals surface area contributed by atoms with E-state index in [1.165, 1.54) is 5.56 Å². The minimum absolute atomic E-state index is 0.0673. The molecule has 0 atom stereocenters. The molecule has 0 aliphatic heterocycles. The third-order valence-electron chi connectivity index (χ3n) is 3.86. The molecule has 1 amide bonds. The van der Waals surface area contributed by atoms with E-state index in [0.29, 0.717) is 18.7 Å². The lowest BCUT2D eigenvalue weighted by molar-refractivity contribution is -0.120. The number of rotatable bonds is 8. The number of aromatic nitrogens is 2. The van der Waals surface area contributed by atoms with Gasteiger partial charge in [0.1, 0.15) is 0 Å². The van der Waals surface area contributed by atoms with E-state index in [9.17, 15) is 4.79 Å². The lowest BCUT2D eigenvalue weighted by atomic mass is 10.1. The molecule has 0 fully saturated rings. The fraction of sp³-hybridized carbons (Fsp3) is 0.200. The van der Waals surface area contributed by atoms with E-state index in [1.54, 1.807) is 18.0 Å². The number of hydrogen-bond donors (Lipinski definition) is 1. The highest BCUT2D eigenvalue weighted by molar-refractivity contribution is 7.99. The summed E-state index contributed by atoms with van der Waals surface area (Å²) in [5.74, 6) is 0.784. The van der Waals surface area contributed by atoms with Crippen LogP contribution in [0.3, 0.4) is 0 Å². The fourth-order valence-corrected chi connectivity index (χ4v) is 3.67. The topological polar surface area (TPSA) is 46.9 Å². The predicted octanol–water partition coefficient (Wildman–Crippen LogP) is 4.37. The Morgan fingerprint density at radius 2 is 1.92 bits per heavy atom. The summed E-state index contributed by atoms with van der Waals surface area (Å²) in [4.78, 5) is 13.0. The van der Waals surface area contributed by atoms with Crippen LogP contribution in [0.15, 0.2) is 71.9 Å². The lowest BCUT2D eigenvalue weighted by Crippen LogP contribution is -2.25. The van der Waals surface area contributed by atoms with Crippen LogP contribution in [0.25, 0.3) is 5.69 Å². The second-order valence-corrected chi connectivity index (χ2v) is 7.29. The molecule has 134 valence electrons. The lowest BCUT2D eigenvalue weighted by Gasteiger charge is -2.07. The first kappa shape index (κ1) is 18.5. The molecule has 0 saturated heterocycles. The summed E-state index contributed by atoms with van der Waals surface area (Å²) in [6.07, 6.45) is 4.96. The molecule has 0 aliphatic rings. The molecule has 2 aromatic carbocycles. The van der Waals surface area contributed by atoms with Gasteiger partial charge in [-0.1, -0.05) is 35.9 Å². The van der Waals surface area contributed by atoms with Crippen molar-refractivity contribution in [3.8, 4) is 5.69 Å². The van der Waals surface area contributed by atoms with Crippen molar-refractivity contribution in [1.82, 2.24) is 15.1 Å². The van der Waals surface area contributed by atoms with Gasteiger partial charge in [0, 0.05) is 36.0 Å². The largest absolute Gasteiger partial charge is 0.356 e. The Morgan fingerprint density at radius 1 is 1.12 bits per heavy atom. The summed E-state index contributed by atoms with van der Waals surface area (Å²) in [6.45, 7) is 0.636. The molecule has 0 saturated carbocycles. The molecule has 0 spiro atoms. The van der Waals surface area contributed by atoms with E-state index in [-0.39, 0.29) is 5.91 Å². The van der Waals surface area contributed by atoms with Crippen molar-refractivity contribution in [2.45, 2.75) is 17.7 Å². The van der Waals surface area contributed by atoms with Crippen molar-refractivity contribution < 1.29 is 4.79 Å². The molecule has 4 nitrogen and oxygen atoms in total. The predicted molar refractivity (Wildman–Crippen MR) is 107 cm³/mol. The van der Waals surface area contributed by atoms with Gasteiger partial charge in [-0.15, -0.1) is 11.8 Å². The number of benzene rings is 2. The summed E-state index contributed by atoms with van der Waals surface area (Å²) in [5.41, 5.74) is 2.21. The molecule has 0 radical (unpaired) electrons. The van der Waals surface area contributed by atoms with E-state index in [0.717, 1.165) is 22.0 Å². The SMILES string of the molecule is O=C(CCSc1ccccc1Cl)NCCc1ccc(-n2cccn2)cc1. The van der Waals surface area contributed by atoms with Gasteiger partial charge in [-0.3, -0.25) is 4.79 Å². The number of nitrogens with zero attached hydrogens (tertiary/aromatic N) is 2. The third-order valence-corrected chi connectivity index (χ3v) is 5.38. The minimum atomic E-state index is 0.0673. The molecule has 0 unspecified atom stereocenters. The standard InChI is InChI=1S/C20H20ClN3OS/c21-18-4-1-2-5-19(18)26-15-11-20(25)22-13-10-16-6-8-17(9-7-16)24-14-3-12-23-24/h1-9,12,14H,10-11,13,15H2,(H,22,25). The molecule has 1 heterocycles. The molecule has 6 heteroatoms. The van der Waals surface area contributed by atoms with Crippen molar-refractivity contribution in [3.63, 3.8) is 0 Å². The summed E-state index contributed by atoms with van der Waals surface area (Å²) < 4.78 is 1.82. The zero-order valence-corrected chi connectivity index (χ0v) is 15.8. The maximum absolute atomic E-state index is 11.9. The third kappa shape index (κ3) is 5.38. The van der Waals surface area contributed by atoms with E-state index in [2.05, 4.69) is 22.5 Å². The van der Waals surface area contributed by atoms with E-state index in [1.807, 2.05) is 53.3 Å². The van der Waals surface area contributed by atoms with E-state index < -0.39 is 0 Å². The molecule has 0 aliphatic carbocycles. The molecule has 26 heavy (non-hydrogen) atoms. The van der Waals surface area contributed by atoms with E-state index >= 15 is 0 Å². The molecule has 1 aromatic heterocycles. The monoisotopic (exact) mass is 385 g/mol. The van der Waals surface area contributed by atoms with Gasteiger partial charge >= 0.3 is 0 Å². The van der Waals surface area contributed by atoms with Crippen LogP contribution >= 0.6 is 23.4 Å². The second-order valence-electron chi connectivity index (χ2n) is 5.75. The fourth-order valence-electron chi connectivity index (χ4n) is 2.49. The van der Waals surface area contributed by atoms with Crippen LogP contribution in [-0.2, 0) is 11.2 Å². The molecule has 3 aromatic rings. The van der Waals surface area contributed by atoms with Gasteiger partial charge in [0.15, 0.2) is 0 Å². The molecule has 0 bridgehead atoms. The van der Waals surface area contributed by atoms with Crippen LogP contribution in [0.5, 0.6) is 0 Å². The first-order valence-electron chi connectivity index (χ1n) is 8.45. The van der Waals surface area contributed by atoms with Crippen molar-refractivity contribution in [2.24, 2.45) is 0 Å². The van der Waals surface area contributed by atoms with Gasteiger partial charge in [0.05, 0.1) is 10.7 Å². The smallest absolute Gasteiger partial charge is 0.220 e. The van der Waals surface area contributed by atoms with Crippen LogP contribution < -0.4 is 5.32 Å².